The average Bonchev–Trinajstić information content (AvgIpc) is 3.20. The van der Waals surface area contributed by atoms with Crippen molar-refractivity contribution in [3.8, 4) is 11.5 Å². The number of hydrogen-bond acceptors (Lipinski definition) is 5. The van der Waals surface area contributed by atoms with E-state index in [4.69, 9.17) is 9.47 Å². The van der Waals surface area contributed by atoms with Gasteiger partial charge in [0.1, 0.15) is 0 Å². The smallest absolute Gasteiger partial charge is 0.231 e. The van der Waals surface area contributed by atoms with Gasteiger partial charge in [0.05, 0.1) is 5.69 Å². The number of carbonyl (C=O) groups excluding carboxylic acids is 3. The lowest BCUT2D eigenvalue weighted by Crippen LogP contribution is -2.32. The van der Waals surface area contributed by atoms with Crippen LogP contribution in [-0.4, -0.2) is 42.4 Å². The molecule has 7 heteroatoms. The second kappa shape index (κ2) is 7.81. The summed E-state index contributed by atoms with van der Waals surface area (Å²) in [6.07, 6.45) is 1.63. The largest absolute Gasteiger partial charge is 0.454 e. The molecule has 1 N–H and O–H groups in total. The number of Topliss-reactive ketones (excluding diaryl/α,β-unsaturated/α-hetero) is 1. The lowest BCUT2D eigenvalue weighted by atomic mass is 9.91. The van der Waals surface area contributed by atoms with E-state index in [0.717, 1.165) is 6.42 Å². The summed E-state index contributed by atoms with van der Waals surface area (Å²) in [6.45, 7) is 8.98. The van der Waals surface area contributed by atoms with Crippen molar-refractivity contribution in [3.05, 3.63) is 17.7 Å². The molecular weight excluding hydrogens is 360 g/mol. The number of nitrogens with one attached hydrogen (secondary N) is 1. The van der Waals surface area contributed by atoms with Gasteiger partial charge in [-0.1, -0.05) is 20.8 Å². The maximum absolute atomic E-state index is 12.6. The first kappa shape index (κ1) is 20.2. The first-order valence-corrected chi connectivity index (χ1v) is 9.64. The van der Waals surface area contributed by atoms with Gasteiger partial charge in [0.2, 0.25) is 18.6 Å². The summed E-state index contributed by atoms with van der Waals surface area (Å²) >= 11 is 0. The Bertz CT molecular complexity index is 797. The summed E-state index contributed by atoms with van der Waals surface area (Å²) in [5.41, 5.74) is 0.779. The number of ketones is 1. The second-order valence-corrected chi connectivity index (χ2v) is 8.79. The van der Waals surface area contributed by atoms with Gasteiger partial charge in [-0.3, -0.25) is 14.4 Å². The molecule has 1 fully saturated rings. The first-order chi connectivity index (χ1) is 13.1. The van der Waals surface area contributed by atoms with Crippen molar-refractivity contribution in [2.24, 2.45) is 11.3 Å². The van der Waals surface area contributed by atoms with Crippen molar-refractivity contribution in [3.63, 3.8) is 0 Å². The van der Waals surface area contributed by atoms with Crippen LogP contribution >= 0.6 is 0 Å². The standard InChI is InChI=1S/C21H28N2O5/c1-13(24)15-8-17-18(28-12-27-17)9-16(15)22-19(25)7-14-5-6-23(11-14)20(26)10-21(2,3)4/h8-9,14H,5-7,10-12H2,1-4H3,(H,22,25). The molecule has 2 aliphatic heterocycles. The van der Waals surface area contributed by atoms with E-state index in [9.17, 15) is 14.4 Å². The molecule has 0 aromatic heterocycles. The van der Waals surface area contributed by atoms with Crippen LogP contribution in [0.1, 0.15) is 57.3 Å². The van der Waals surface area contributed by atoms with Gasteiger partial charge >= 0.3 is 0 Å². The highest BCUT2D eigenvalue weighted by Crippen LogP contribution is 2.37. The number of anilines is 1. The SMILES string of the molecule is CC(=O)c1cc2c(cc1NC(=O)CC1CCN(C(=O)CC(C)(C)C)C1)OCO2. The predicted molar refractivity (Wildman–Crippen MR) is 105 cm³/mol. The van der Waals surface area contributed by atoms with E-state index in [-0.39, 0.29) is 35.7 Å². The van der Waals surface area contributed by atoms with Gasteiger partial charge in [0, 0.05) is 37.6 Å². The minimum atomic E-state index is -0.170. The molecule has 152 valence electrons. The third-order valence-electron chi connectivity index (χ3n) is 4.96. The molecule has 1 aromatic rings. The normalized spacial score (nSPS) is 18.3. The third kappa shape index (κ3) is 4.82. The zero-order valence-corrected chi connectivity index (χ0v) is 17.0. The van der Waals surface area contributed by atoms with Crippen molar-refractivity contribution in [1.82, 2.24) is 4.90 Å². The molecular formula is C21H28N2O5. The van der Waals surface area contributed by atoms with Gasteiger partial charge in [-0.25, -0.2) is 0 Å². The van der Waals surface area contributed by atoms with E-state index in [2.05, 4.69) is 5.32 Å². The van der Waals surface area contributed by atoms with Gasteiger partial charge < -0.3 is 19.7 Å². The van der Waals surface area contributed by atoms with Crippen molar-refractivity contribution in [2.75, 3.05) is 25.2 Å². The Balaban J connectivity index is 1.60. The maximum atomic E-state index is 12.6. The van der Waals surface area contributed by atoms with Crippen LogP contribution in [0.2, 0.25) is 0 Å². The van der Waals surface area contributed by atoms with Crippen LogP contribution < -0.4 is 14.8 Å². The Hall–Kier alpha value is -2.57. The molecule has 2 amide bonds. The lowest BCUT2D eigenvalue weighted by Gasteiger charge is -2.23. The Kier molecular flexibility index (Phi) is 5.63. The zero-order chi connectivity index (χ0) is 20.5. The Morgan fingerprint density at radius 1 is 1.18 bits per heavy atom. The first-order valence-electron chi connectivity index (χ1n) is 9.64. The van der Waals surface area contributed by atoms with Gasteiger partial charge in [-0.05, 0) is 30.7 Å². The summed E-state index contributed by atoms with van der Waals surface area (Å²) in [5, 5.41) is 2.83. The number of ether oxygens (including phenoxy) is 2. The highest BCUT2D eigenvalue weighted by atomic mass is 16.7. The third-order valence-corrected chi connectivity index (χ3v) is 4.96. The van der Waals surface area contributed by atoms with Gasteiger partial charge in [0.25, 0.3) is 0 Å². The molecule has 3 rings (SSSR count). The molecule has 0 bridgehead atoms. The van der Waals surface area contributed by atoms with Crippen molar-refractivity contribution in [2.45, 2.75) is 47.0 Å². The summed E-state index contributed by atoms with van der Waals surface area (Å²) in [5.74, 6) is 0.959. The number of hydrogen-bond donors (Lipinski definition) is 1. The van der Waals surface area contributed by atoms with Crippen LogP contribution in [0.5, 0.6) is 11.5 Å². The number of likely N-dealkylation sites (tertiary alicyclic amines) is 1. The Morgan fingerprint density at radius 2 is 1.86 bits per heavy atom. The lowest BCUT2D eigenvalue weighted by molar-refractivity contribution is -0.132. The van der Waals surface area contributed by atoms with Crippen LogP contribution in [0.4, 0.5) is 5.69 Å². The number of carbonyl (C=O) groups is 3. The van der Waals surface area contributed by atoms with Crippen LogP contribution in [0, 0.1) is 11.3 Å². The van der Waals surface area contributed by atoms with E-state index in [1.54, 1.807) is 12.1 Å². The molecule has 0 radical (unpaired) electrons. The molecule has 7 nitrogen and oxygen atoms in total. The summed E-state index contributed by atoms with van der Waals surface area (Å²) in [4.78, 5) is 38.7. The fraction of sp³-hybridized carbons (Fsp3) is 0.571. The zero-order valence-electron chi connectivity index (χ0n) is 17.0. The summed E-state index contributed by atoms with van der Waals surface area (Å²) in [6, 6.07) is 3.23. The van der Waals surface area contributed by atoms with E-state index < -0.39 is 0 Å². The van der Waals surface area contributed by atoms with Gasteiger partial charge in [-0.15, -0.1) is 0 Å². The quantitative estimate of drug-likeness (QED) is 0.783. The molecule has 1 saturated heterocycles. The van der Waals surface area contributed by atoms with Crippen LogP contribution in [-0.2, 0) is 9.59 Å². The number of rotatable bonds is 5. The van der Waals surface area contributed by atoms with Gasteiger partial charge in [-0.2, -0.15) is 0 Å². The van der Waals surface area contributed by atoms with E-state index in [1.165, 1.54) is 6.92 Å². The highest BCUT2D eigenvalue weighted by molar-refractivity contribution is 6.04. The van der Waals surface area contributed by atoms with Gasteiger partial charge in [0.15, 0.2) is 17.3 Å². The molecule has 0 spiro atoms. The van der Waals surface area contributed by atoms with Crippen molar-refractivity contribution >= 4 is 23.3 Å². The molecule has 28 heavy (non-hydrogen) atoms. The number of benzene rings is 1. The number of fused-ring (bicyclic) bond motifs is 1. The summed E-state index contributed by atoms with van der Waals surface area (Å²) in [7, 11) is 0. The minimum Gasteiger partial charge on any atom is -0.454 e. The Labute approximate surface area is 165 Å². The number of nitrogens with zero attached hydrogens (tertiary/aromatic N) is 1. The molecule has 0 aliphatic carbocycles. The Morgan fingerprint density at radius 3 is 2.50 bits per heavy atom. The maximum Gasteiger partial charge on any atom is 0.231 e. The van der Waals surface area contributed by atoms with E-state index in [0.29, 0.717) is 48.7 Å². The molecule has 0 saturated carbocycles. The predicted octanol–water partition coefficient (Wildman–Crippen LogP) is 3.23. The van der Waals surface area contributed by atoms with Crippen LogP contribution in [0.25, 0.3) is 0 Å². The molecule has 2 aliphatic rings. The molecule has 2 heterocycles. The van der Waals surface area contributed by atoms with Crippen LogP contribution in [0.15, 0.2) is 12.1 Å². The van der Waals surface area contributed by atoms with Crippen molar-refractivity contribution < 1.29 is 23.9 Å². The van der Waals surface area contributed by atoms with E-state index >= 15 is 0 Å². The molecule has 1 unspecified atom stereocenters. The molecule has 1 atom stereocenters. The van der Waals surface area contributed by atoms with E-state index in [1.807, 2.05) is 25.7 Å². The fourth-order valence-electron chi connectivity index (χ4n) is 3.59. The summed E-state index contributed by atoms with van der Waals surface area (Å²) < 4.78 is 10.6. The second-order valence-electron chi connectivity index (χ2n) is 8.79. The molecule has 1 aromatic carbocycles. The van der Waals surface area contributed by atoms with Crippen molar-refractivity contribution in [1.29, 1.82) is 0 Å². The average molecular weight is 388 g/mol. The monoisotopic (exact) mass is 388 g/mol. The fourth-order valence-corrected chi connectivity index (χ4v) is 3.59. The van der Waals surface area contributed by atoms with Crippen LogP contribution in [0.3, 0.4) is 0 Å². The number of amides is 2. The minimum absolute atomic E-state index is 0.0466. The highest BCUT2D eigenvalue weighted by Gasteiger charge is 2.30. The topological polar surface area (TPSA) is 84.9 Å².